The molecule has 0 amide bonds. The summed E-state index contributed by atoms with van der Waals surface area (Å²) < 4.78 is 12.6. The molecule has 0 aliphatic rings. The average molecular weight is 291 g/mol. The lowest BCUT2D eigenvalue weighted by atomic mass is 10.1. The molecule has 0 aliphatic carbocycles. The highest BCUT2D eigenvalue weighted by atomic mass is 127. The Kier molecular flexibility index (Phi) is 3.98. The molecule has 0 saturated heterocycles. The van der Waals surface area contributed by atoms with Gasteiger partial charge in [0, 0.05) is 15.4 Å². The molecule has 1 aromatic carbocycles. The number of azide groups is 1. The molecule has 0 aliphatic heterocycles. The molecule has 0 spiro atoms. The van der Waals surface area contributed by atoms with Crippen LogP contribution in [-0.2, 0) is 0 Å². The smallest absolute Gasteiger partial charge is 0.123 e. The molecule has 3 nitrogen and oxygen atoms in total. The lowest BCUT2D eigenvalue weighted by Gasteiger charge is -2.05. The Balaban J connectivity index is 2.71. The standard InChI is InChI=1S/C8H7FIN3/c9-7-3-1-6(2-4-7)8(10)5-12-13-11/h1-4,8H,5H2. The maximum absolute atomic E-state index is 12.5. The molecule has 0 saturated carbocycles. The molecule has 0 heterocycles. The maximum Gasteiger partial charge on any atom is 0.123 e. The van der Waals surface area contributed by atoms with E-state index in [-0.39, 0.29) is 9.74 Å². The molecule has 68 valence electrons. The number of rotatable bonds is 3. The number of halogens is 2. The van der Waals surface area contributed by atoms with Gasteiger partial charge in [0.05, 0.1) is 0 Å². The van der Waals surface area contributed by atoms with Gasteiger partial charge in [-0.25, -0.2) is 4.39 Å². The first-order chi connectivity index (χ1) is 6.24. The van der Waals surface area contributed by atoms with Crippen LogP contribution in [0, 0.1) is 5.82 Å². The molecule has 1 atom stereocenters. The molecular formula is C8H7FIN3. The van der Waals surface area contributed by atoms with Gasteiger partial charge in [0.25, 0.3) is 0 Å². The predicted molar refractivity (Wildman–Crippen MR) is 57.2 cm³/mol. The predicted octanol–water partition coefficient (Wildman–Crippen LogP) is 3.61. The van der Waals surface area contributed by atoms with Crippen LogP contribution in [0.15, 0.2) is 29.4 Å². The van der Waals surface area contributed by atoms with Gasteiger partial charge >= 0.3 is 0 Å². The van der Waals surface area contributed by atoms with Gasteiger partial charge in [0.15, 0.2) is 0 Å². The largest absolute Gasteiger partial charge is 0.207 e. The van der Waals surface area contributed by atoms with Crippen molar-refractivity contribution in [3.05, 3.63) is 46.1 Å². The van der Waals surface area contributed by atoms with Gasteiger partial charge in [-0.1, -0.05) is 39.8 Å². The van der Waals surface area contributed by atoms with Crippen LogP contribution in [0.4, 0.5) is 4.39 Å². The van der Waals surface area contributed by atoms with E-state index in [1.165, 1.54) is 12.1 Å². The second-order valence-electron chi connectivity index (χ2n) is 2.43. The third-order valence-corrected chi connectivity index (χ3v) is 2.65. The second-order valence-corrected chi connectivity index (χ2v) is 3.94. The highest BCUT2D eigenvalue weighted by Gasteiger charge is 2.04. The van der Waals surface area contributed by atoms with Crippen LogP contribution in [0.1, 0.15) is 9.49 Å². The maximum atomic E-state index is 12.5. The Labute approximate surface area is 88.7 Å². The van der Waals surface area contributed by atoms with Crippen molar-refractivity contribution in [1.29, 1.82) is 0 Å². The van der Waals surface area contributed by atoms with Crippen molar-refractivity contribution in [3.63, 3.8) is 0 Å². The fourth-order valence-electron chi connectivity index (χ4n) is 0.885. The summed E-state index contributed by atoms with van der Waals surface area (Å²) in [5, 5.41) is 3.45. The number of hydrogen-bond acceptors (Lipinski definition) is 1. The van der Waals surface area contributed by atoms with E-state index in [4.69, 9.17) is 5.53 Å². The second kappa shape index (κ2) is 5.04. The molecule has 0 bridgehead atoms. The summed E-state index contributed by atoms with van der Waals surface area (Å²) in [7, 11) is 0. The van der Waals surface area contributed by atoms with Gasteiger partial charge in [0.2, 0.25) is 0 Å². The normalized spacial score (nSPS) is 11.8. The fourth-order valence-corrected chi connectivity index (χ4v) is 1.48. The quantitative estimate of drug-likeness (QED) is 0.268. The van der Waals surface area contributed by atoms with Crippen LogP contribution in [0.5, 0.6) is 0 Å². The first kappa shape index (κ1) is 10.3. The summed E-state index contributed by atoms with van der Waals surface area (Å²) in [6, 6.07) is 6.19. The van der Waals surface area contributed by atoms with Crippen molar-refractivity contribution in [3.8, 4) is 0 Å². The fraction of sp³-hybridized carbons (Fsp3) is 0.250. The Bertz CT molecular complexity index is 319. The summed E-state index contributed by atoms with van der Waals surface area (Å²) in [6.07, 6.45) is 0. The number of nitrogens with zero attached hydrogens (tertiary/aromatic N) is 3. The van der Waals surface area contributed by atoms with E-state index in [1.54, 1.807) is 12.1 Å². The first-order valence-electron chi connectivity index (χ1n) is 3.64. The van der Waals surface area contributed by atoms with Crippen LogP contribution in [0.2, 0.25) is 0 Å². The minimum absolute atomic E-state index is 0.106. The lowest BCUT2D eigenvalue weighted by Crippen LogP contribution is -1.92. The molecule has 1 rings (SSSR count). The molecule has 1 unspecified atom stereocenters. The Hall–Kier alpha value is -0.810. The Morgan fingerprint density at radius 3 is 2.62 bits per heavy atom. The van der Waals surface area contributed by atoms with E-state index >= 15 is 0 Å². The van der Waals surface area contributed by atoms with Crippen molar-refractivity contribution in [2.45, 2.75) is 3.92 Å². The molecule has 13 heavy (non-hydrogen) atoms. The zero-order chi connectivity index (χ0) is 9.68. The van der Waals surface area contributed by atoms with E-state index in [1.807, 2.05) is 0 Å². The summed E-state index contributed by atoms with van der Waals surface area (Å²) >= 11 is 2.16. The third-order valence-electron chi connectivity index (χ3n) is 1.54. The number of hydrogen-bond donors (Lipinski definition) is 0. The molecule has 0 radical (unpaired) electrons. The zero-order valence-electron chi connectivity index (χ0n) is 6.69. The van der Waals surface area contributed by atoms with Crippen LogP contribution in [0.25, 0.3) is 10.4 Å². The van der Waals surface area contributed by atoms with Gasteiger partial charge in [0.1, 0.15) is 5.82 Å². The molecule has 1 aromatic rings. The number of benzene rings is 1. The van der Waals surface area contributed by atoms with Crippen LogP contribution < -0.4 is 0 Å². The van der Waals surface area contributed by atoms with E-state index in [2.05, 4.69) is 32.6 Å². The first-order valence-corrected chi connectivity index (χ1v) is 4.89. The van der Waals surface area contributed by atoms with Crippen molar-refractivity contribution in [2.75, 3.05) is 6.54 Å². The Morgan fingerprint density at radius 2 is 2.08 bits per heavy atom. The minimum Gasteiger partial charge on any atom is -0.207 e. The van der Waals surface area contributed by atoms with Crippen molar-refractivity contribution >= 4 is 22.6 Å². The van der Waals surface area contributed by atoms with Gasteiger partial charge in [-0.2, -0.15) is 0 Å². The summed E-state index contributed by atoms with van der Waals surface area (Å²) in [5.41, 5.74) is 9.07. The van der Waals surface area contributed by atoms with E-state index in [0.717, 1.165) is 5.56 Å². The monoisotopic (exact) mass is 291 g/mol. The molecule has 0 N–H and O–H groups in total. The molecule has 0 aromatic heterocycles. The molecule has 5 heteroatoms. The average Bonchev–Trinajstić information content (AvgIpc) is 2.15. The summed E-state index contributed by atoms with van der Waals surface area (Å²) in [5.74, 6) is -0.254. The topological polar surface area (TPSA) is 48.8 Å². The highest BCUT2D eigenvalue weighted by Crippen LogP contribution is 2.23. The van der Waals surface area contributed by atoms with Crippen molar-refractivity contribution in [2.24, 2.45) is 5.11 Å². The van der Waals surface area contributed by atoms with Gasteiger partial charge in [-0.15, -0.1) is 0 Å². The lowest BCUT2D eigenvalue weighted by molar-refractivity contribution is 0.627. The van der Waals surface area contributed by atoms with Crippen molar-refractivity contribution in [1.82, 2.24) is 0 Å². The van der Waals surface area contributed by atoms with Gasteiger partial charge in [-0.05, 0) is 23.2 Å². The van der Waals surface area contributed by atoms with Crippen molar-refractivity contribution < 1.29 is 4.39 Å². The Morgan fingerprint density at radius 1 is 1.46 bits per heavy atom. The molecule has 0 fully saturated rings. The van der Waals surface area contributed by atoms with E-state index in [0.29, 0.717) is 6.54 Å². The third kappa shape index (κ3) is 3.20. The summed E-state index contributed by atoms with van der Waals surface area (Å²) in [6.45, 7) is 0.392. The van der Waals surface area contributed by atoms with E-state index < -0.39 is 0 Å². The van der Waals surface area contributed by atoms with Crippen LogP contribution in [-0.4, -0.2) is 6.54 Å². The van der Waals surface area contributed by atoms with Crippen LogP contribution in [0.3, 0.4) is 0 Å². The minimum atomic E-state index is -0.254. The SMILES string of the molecule is [N-]=[N+]=NCC(I)c1ccc(F)cc1. The van der Waals surface area contributed by atoms with Gasteiger partial charge < -0.3 is 0 Å². The molecular weight excluding hydrogens is 284 g/mol. The summed E-state index contributed by atoms with van der Waals surface area (Å²) in [4.78, 5) is 2.66. The van der Waals surface area contributed by atoms with Crippen LogP contribution >= 0.6 is 22.6 Å². The number of alkyl halides is 1. The zero-order valence-corrected chi connectivity index (χ0v) is 8.85. The van der Waals surface area contributed by atoms with E-state index in [9.17, 15) is 4.39 Å². The highest BCUT2D eigenvalue weighted by molar-refractivity contribution is 14.1. The van der Waals surface area contributed by atoms with Gasteiger partial charge in [-0.3, -0.25) is 0 Å².